The predicted molar refractivity (Wildman–Crippen MR) is 51.1 cm³/mol. The minimum atomic E-state index is -0.963. The Morgan fingerprint density at radius 1 is 1.21 bits per heavy atom. The summed E-state index contributed by atoms with van der Waals surface area (Å²) in [7, 11) is 0. The standard InChI is InChI=1S/C5H10O2.C4H8O3/c1-2-3-4-5(6)7;1-3(5)2-4(6)7/h2-4H2,1H3,(H,6,7);3,5H,2H2,1H3,(H,6,7). The fourth-order valence-electron chi connectivity index (χ4n) is 0.581. The molecule has 0 bridgehead atoms. The monoisotopic (exact) mass is 206 g/mol. The number of hydrogen-bond donors (Lipinski definition) is 3. The van der Waals surface area contributed by atoms with E-state index >= 15 is 0 Å². The van der Waals surface area contributed by atoms with Crippen LogP contribution in [0.5, 0.6) is 0 Å². The van der Waals surface area contributed by atoms with Gasteiger partial charge < -0.3 is 15.3 Å². The molecule has 0 aliphatic rings. The maximum Gasteiger partial charge on any atom is 0.305 e. The molecule has 0 fully saturated rings. The van der Waals surface area contributed by atoms with Crippen LogP contribution in [0.2, 0.25) is 0 Å². The fraction of sp³-hybridized carbons (Fsp3) is 0.778. The number of carbonyl (C=O) groups is 2. The molecule has 0 heterocycles. The van der Waals surface area contributed by atoms with Crippen LogP contribution < -0.4 is 0 Å². The summed E-state index contributed by atoms with van der Waals surface area (Å²) < 4.78 is 0. The SMILES string of the molecule is CC(O)CC(=O)O.CCCCC(=O)O. The first kappa shape index (κ1) is 15.4. The molecule has 0 aromatic heterocycles. The number of hydrogen-bond acceptors (Lipinski definition) is 3. The summed E-state index contributed by atoms with van der Waals surface area (Å²) in [5.74, 6) is -1.66. The number of carboxylic acids is 2. The zero-order chi connectivity index (χ0) is 11.6. The molecule has 0 spiro atoms. The quantitative estimate of drug-likeness (QED) is 0.626. The van der Waals surface area contributed by atoms with Gasteiger partial charge in [0.25, 0.3) is 0 Å². The molecule has 84 valence electrons. The van der Waals surface area contributed by atoms with Crippen molar-refractivity contribution >= 4 is 11.9 Å². The van der Waals surface area contributed by atoms with E-state index in [1.807, 2.05) is 6.92 Å². The van der Waals surface area contributed by atoms with E-state index in [2.05, 4.69) is 0 Å². The summed E-state index contributed by atoms with van der Waals surface area (Å²) in [6.45, 7) is 3.41. The first-order chi connectivity index (χ1) is 6.40. The van der Waals surface area contributed by atoms with E-state index in [0.29, 0.717) is 6.42 Å². The highest BCUT2D eigenvalue weighted by Gasteiger charge is 2.00. The van der Waals surface area contributed by atoms with Gasteiger partial charge in [-0.25, -0.2) is 0 Å². The Balaban J connectivity index is 0. The van der Waals surface area contributed by atoms with Gasteiger partial charge in [-0.15, -0.1) is 0 Å². The van der Waals surface area contributed by atoms with Crippen LogP contribution in [0.3, 0.4) is 0 Å². The molecule has 5 nitrogen and oxygen atoms in total. The lowest BCUT2D eigenvalue weighted by molar-refractivity contribution is -0.139. The average molecular weight is 206 g/mol. The lowest BCUT2D eigenvalue weighted by Gasteiger charge is -1.94. The molecule has 0 amide bonds. The molecule has 1 atom stereocenters. The first-order valence-electron chi connectivity index (χ1n) is 4.51. The van der Waals surface area contributed by atoms with Crippen molar-refractivity contribution in [1.29, 1.82) is 0 Å². The lowest BCUT2D eigenvalue weighted by Crippen LogP contribution is -2.07. The van der Waals surface area contributed by atoms with Crippen molar-refractivity contribution in [2.75, 3.05) is 0 Å². The minimum Gasteiger partial charge on any atom is -0.481 e. The fourth-order valence-corrected chi connectivity index (χ4v) is 0.581. The van der Waals surface area contributed by atoms with Crippen LogP contribution in [-0.4, -0.2) is 33.4 Å². The van der Waals surface area contributed by atoms with Crippen molar-refractivity contribution in [1.82, 2.24) is 0 Å². The lowest BCUT2D eigenvalue weighted by atomic mass is 10.3. The van der Waals surface area contributed by atoms with E-state index in [9.17, 15) is 9.59 Å². The maximum absolute atomic E-state index is 9.76. The molecule has 5 heteroatoms. The van der Waals surface area contributed by atoms with Gasteiger partial charge in [0.2, 0.25) is 0 Å². The molecule has 0 aliphatic carbocycles. The molecular weight excluding hydrogens is 188 g/mol. The van der Waals surface area contributed by atoms with Crippen molar-refractivity contribution in [3.05, 3.63) is 0 Å². The topological polar surface area (TPSA) is 94.8 Å². The number of carboxylic acid groups (broad SMARTS) is 2. The first-order valence-corrected chi connectivity index (χ1v) is 4.51. The highest BCUT2D eigenvalue weighted by Crippen LogP contribution is 1.91. The Morgan fingerprint density at radius 3 is 1.79 bits per heavy atom. The minimum absolute atomic E-state index is 0.167. The summed E-state index contributed by atoms with van der Waals surface area (Å²) >= 11 is 0. The molecule has 0 radical (unpaired) electrons. The van der Waals surface area contributed by atoms with Crippen LogP contribution in [0.15, 0.2) is 0 Å². The Kier molecular flexibility index (Phi) is 11.0. The van der Waals surface area contributed by atoms with Crippen LogP contribution in [0.25, 0.3) is 0 Å². The molecular formula is C9H18O5. The van der Waals surface area contributed by atoms with E-state index in [0.717, 1.165) is 12.8 Å². The molecule has 0 saturated carbocycles. The molecule has 3 N–H and O–H groups in total. The Morgan fingerprint density at radius 2 is 1.71 bits per heavy atom. The molecule has 0 aromatic rings. The molecule has 0 saturated heterocycles. The zero-order valence-corrected chi connectivity index (χ0v) is 8.56. The smallest absolute Gasteiger partial charge is 0.305 e. The normalized spacial score (nSPS) is 11.1. The molecule has 0 aromatic carbocycles. The van der Waals surface area contributed by atoms with Gasteiger partial charge in [-0.3, -0.25) is 9.59 Å². The van der Waals surface area contributed by atoms with E-state index in [-0.39, 0.29) is 6.42 Å². The third-order valence-electron chi connectivity index (χ3n) is 1.21. The van der Waals surface area contributed by atoms with Crippen molar-refractivity contribution in [3.8, 4) is 0 Å². The second-order valence-corrected chi connectivity index (χ2v) is 2.94. The van der Waals surface area contributed by atoms with Crippen molar-refractivity contribution < 1.29 is 24.9 Å². The zero-order valence-electron chi connectivity index (χ0n) is 8.56. The van der Waals surface area contributed by atoms with Gasteiger partial charge in [0.1, 0.15) is 0 Å². The van der Waals surface area contributed by atoms with Crippen molar-refractivity contribution in [3.63, 3.8) is 0 Å². The molecule has 14 heavy (non-hydrogen) atoms. The summed E-state index contributed by atoms with van der Waals surface area (Å²) in [6, 6.07) is 0. The second kappa shape index (κ2) is 9.98. The van der Waals surface area contributed by atoms with Gasteiger partial charge in [-0.1, -0.05) is 13.3 Å². The Hall–Kier alpha value is -1.10. The summed E-state index contributed by atoms with van der Waals surface area (Å²) in [6.07, 6.45) is 1.19. The molecule has 0 aliphatic heterocycles. The second-order valence-electron chi connectivity index (χ2n) is 2.94. The largest absolute Gasteiger partial charge is 0.481 e. The van der Waals surface area contributed by atoms with Gasteiger partial charge >= 0.3 is 11.9 Å². The van der Waals surface area contributed by atoms with Crippen LogP contribution >= 0.6 is 0 Å². The molecule has 1 unspecified atom stereocenters. The van der Waals surface area contributed by atoms with E-state index in [1.165, 1.54) is 6.92 Å². The number of aliphatic hydroxyl groups is 1. The summed E-state index contributed by atoms with van der Waals surface area (Å²) in [5, 5.41) is 24.3. The highest BCUT2D eigenvalue weighted by molar-refractivity contribution is 5.67. The summed E-state index contributed by atoms with van der Waals surface area (Å²) in [5.41, 5.74) is 0. The van der Waals surface area contributed by atoms with Gasteiger partial charge in [0, 0.05) is 6.42 Å². The Labute approximate surface area is 83.4 Å². The average Bonchev–Trinajstić information content (AvgIpc) is 1.99. The Bertz CT molecular complexity index is 165. The van der Waals surface area contributed by atoms with Crippen molar-refractivity contribution in [2.45, 2.75) is 45.6 Å². The van der Waals surface area contributed by atoms with Crippen molar-refractivity contribution in [2.24, 2.45) is 0 Å². The number of unbranched alkanes of at least 4 members (excludes halogenated alkanes) is 1. The third kappa shape index (κ3) is 22.4. The number of rotatable bonds is 5. The maximum atomic E-state index is 9.76. The van der Waals surface area contributed by atoms with Crippen LogP contribution in [-0.2, 0) is 9.59 Å². The van der Waals surface area contributed by atoms with Crippen LogP contribution in [0, 0.1) is 0 Å². The van der Waals surface area contributed by atoms with E-state index in [4.69, 9.17) is 15.3 Å². The van der Waals surface area contributed by atoms with E-state index < -0.39 is 18.0 Å². The van der Waals surface area contributed by atoms with Gasteiger partial charge in [0.05, 0.1) is 12.5 Å². The third-order valence-corrected chi connectivity index (χ3v) is 1.21. The van der Waals surface area contributed by atoms with Gasteiger partial charge in [0.15, 0.2) is 0 Å². The van der Waals surface area contributed by atoms with Gasteiger partial charge in [-0.2, -0.15) is 0 Å². The number of aliphatic hydroxyl groups excluding tert-OH is 1. The van der Waals surface area contributed by atoms with Crippen LogP contribution in [0.1, 0.15) is 39.5 Å². The van der Waals surface area contributed by atoms with Gasteiger partial charge in [-0.05, 0) is 13.3 Å². The highest BCUT2D eigenvalue weighted by atomic mass is 16.4. The van der Waals surface area contributed by atoms with E-state index in [1.54, 1.807) is 0 Å². The number of aliphatic carboxylic acids is 2. The summed E-state index contributed by atoms with van der Waals surface area (Å²) in [4.78, 5) is 19.4. The molecule has 0 rings (SSSR count). The van der Waals surface area contributed by atoms with Crippen LogP contribution in [0.4, 0.5) is 0 Å². The predicted octanol–water partition coefficient (Wildman–Crippen LogP) is 1.10.